The molecule has 8 N–H and O–H groups in total. The third-order valence-electron chi connectivity index (χ3n) is 16.9. The number of nitrogens with one attached hydrogen (secondary N) is 2. The van der Waals surface area contributed by atoms with Crippen molar-refractivity contribution >= 4 is 17.2 Å². The molecular formula is C75H88FN23O4. The normalized spacial score (nSPS) is 12.9. The maximum atomic E-state index is 13.8. The first kappa shape index (κ1) is 71.8. The number of anilines is 3. The second-order valence-electron chi connectivity index (χ2n) is 25.6. The molecular weight excluding hydrogens is 1310 g/mol. The van der Waals surface area contributed by atoms with Crippen LogP contribution in [0.5, 0.6) is 0 Å². The number of halogens is 1. The van der Waals surface area contributed by atoms with Gasteiger partial charge >= 0.3 is 0 Å². The Kier molecular flexibility index (Phi) is 21.8. The maximum absolute atomic E-state index is 13.8. The summed E-state index contributed by atoms with van der Waals surface area (Å²) in [6.07, 6.45) is 9.89. The molecule has 1 aliphatic rings. The smallest absolute Gasteiger partial charge is 0.268 e. The fourth-order valence-electron chi connectivity index (χ4n) is 10.6. The van der Waals surface area contributed by atoms with Crippen molar-refractivity contribution in [3.05, 3.63) is 186 Å². The van der Waals surface area contributed by atoms with Crippen molar-refractivity contribution in [2.24, 2.45) is 11.5 Å². The molecule has 0 bridgehead atoms. The Morgan fingerprint density at radius 1 is 0.583 bits per heavy atom. The number of aromatic nitrogens is 14. The summed E-state index contributed by atoms with van der Waals surface area (Å²) in [6, 6.07) is 40.0. The van der Waals surface area contributed by atoms with E-state index in [1.807, 2.05) is 108 Å². The SMILES string of the molecule is CC(C)(C#N)c1cc(-c2cnc(N)c(-c3cc(-c4ccc([C@H]5COCCN5)cc4)no3)n2)ccn1.Cc1ncc(-c2ccnc(C(C)(C)C#N)c2)nc1-c1nnc(-c2ccc(F)cc2NCCN)o1.Cc1ncc(-c2ccnc(C(C)(C)C#N)c2)nc1-c1nnc(-c2ccc(N(C)CCN)cc2)o1.[HH].[HH].[HH].[HH].[HH].[HH].[HH]. The summed E-state index contributed by atoms with van der Waals surface area (Å²) in [4.78, 5) is 42.5. The molecule has 1 saturated heterocycles. The van der Waals surface area contributed by atoms with Crippen molar-refractivity contribution in [1.29, 1.82) is 15.8 Å². The second kappa shape index (κ2) is 31.4. The molecule has 0 unspecified atom stereocenters. The molecule has 13 rings (SSSR count). The number of aryl methyl sites for hydroxylation is 2. The van der Waals surface area contributed by atoms with Crippen LogP contribution in [0.2, 0.25) is 0 Å². The lowest BCUT2D eigenvalue weighted by atomic mass is 9.90. The van der Waals surface area contributed by atoms with Crippen LogP contribution < -0.4 is 32.7 Å². The lowest BCUT2D eigenvalue weighted by Gasteiger charge is -2.24. The first-order valence-corrected chi connectivity index (χ1v) is 32.8. The summed E-state index contributed by atoms with van der Waals surface area (Å²) < 4.78 is 36.8. The van der Waals surface area contributed by atoms with E-state index in [2.05, 4.69) is 106 Å². The van der Waals surface area contributed by atoms with Crippen LogP contribution in [-0.4, -0.2) is 123 Å². The molecule has 1 aliphatic heterocycles. The molecule has 0 radical (unpaired) electrons. The zero-order valence-electron chi connectivity index (χ0n) is 58.2. The minimum atomic E-state index is -0.747. The van der Waals surface area contributed by atoms with E-state index < -0.39 is 22.1 Å². The lowest BCUT2D eigenvalue weighted by molar-refractivity contribution is 0.0769. The average Bonchev–Trinajstić information content (AvgIpc) is 1.50. The number of nitrogens with zero attached hydrogens (tertiary/aromatic N) is 18. The van der Waals surface area contributed by atoms with Gasteiger partial charge < -0.3 is 50.8 Å². The number of nitrogen functional groups attached to an aromatic ring is 1. The molecule has 9 aromatic heterocycles. The fourth-order valence-corrected chi connectivity index (χ4v) is 10.6. The predicted molar refractivity (Wildman–Crippen MR) is 400 cm³/mol. The Hall–Kier alpha value is -12.5. The number of benzene rings is 3. The number of hydrogen-bond acceptors (Lipinski definition) is 27. The lowest BCUT2D eigenvalue weighted by Crippen LogP contribution is -2.34. The highest BCUT2D eigenvalue weighted by Gasteiger charge is 2.27. The molecule has 28 heteroatoms. The molecule has 103 heavy (non-hydrogen) atoms. The van der Waals surface area contributed by atoms with Crippen molar-refractivity contribution in [2.45, 2.75) is 77.7 Å². The minimum absolute atomic E-state index is 0. The van der Waals surface area contributed by atoms with E-state index in [0.29, 0.717) is 117 Å². The topological polar surface area (TPSA) is 406 Å². The van der Waals surface area contributed by atoms with E-state index in [1.165, 1.54) is 12.1 Å². The Bertz CT molecular complexity index is 5140. The summed E-state index contributed by atoms with van der Waals surface area (Å²) in [5.74, 6) is 1.35. The molecule has 0 amide bonds. The van der Waals surface area contributed by atoms with Gasteiger partial charge in [-0.05, 0) is 140 Å². The number of nitriles is 3. The molecule has 27 nitrogen and oxygen atoms in total. The maximum Gasteiger partial charge on any atom is 0.268 e. The van der Waals surface area contributed by atoms with Gasteiger partial charge in [0.25, 0.3) is 11.8 Å². The first-order valence-electron chi connectivity index (χ1n) is 32.8. The summed E-state index contributed by atoms with van der Waals surface area (Å²) in [6.45, 7) is 19.0. The summed E-state index contributed by atoms with van der Waals surface area (Å²) in [5, 5.41) is 55.8. The monoisotopic (exact) mass is 1390 g/mol. The number of pyridine rings is 3. The van der Waals surface area contributed by atoms with E-state index in [9.17, 15) is 20.2 Å². The van der Waals surface area contributed by atoms with Gasteiger partial charge in [-0.15, -0.1) is 20.4 Å². The highest BCUT2D eigenvalue weighted by Crippen LogP contribution is 2.36. The number of nitrogens with two attached hydrogens (primary N) is 3. The summed E-state index contributed by atoms with van der Waals surface area (Å²) in [5.41, 5.74) is 29.5. The predicted octanol–water partition coefficient (Wildman–Crippen LogP) is 13.3. The highest BCUT2D eigenvalue weighted by molar-refractivity contribution is 5.75. The average molecular weight is 1390 g/mol. The van der Waals surface area contributed by atoms with Crippen molar-refractivity contribution < 1.29 is 32.5 Å². The van der Waals surface area contributed by atoms with Crippen LogP contribution >= 0.6 is 0 Å². The van der Waals surface area contributed by atoms with Crippen LogP contribution in [0, 0.1) is 53.7 Å². The zero-order valence-corrected chi connectivity index (χ0v) is 58.2. The largest absolute Gasteiger partial charge is 0.415 e. The fraction of sp³-hybridized carbons (Fsp3) is 0.267. The molecule has 10 heterocycles. The second-order valence-corrected chi connectivity index (χ2v) is 25.6. The van der Waals surface area contributed by atoms with Crippen LogP contribution in [0.3, 0.4) is 0 Å². The number of ether oxygens (including phenoxy) is 1. The molecule has 0 aliphatic carbocycles. The van der Waals surface area contributed by atoms with Crippen LogP contribution in [0.25, 0.3) is 103 Å². The van der Waals surface area contributed by atoms with Crippen molar-refractivity contribution in [2.75, 3.05) is 68.9 Å². The molecule has 1 atom stereocenters. The van der Waals surface area contributed by atoms with Gasteiger partial charge in [-0.2, -0.15) is 15.8 Å². The van der Waals surface area contributed by atoms with Crippen LogP contribution in [0.15, 0.2) is 160 Å². The standard InChI is InChI=1S/C26H25N7O2.C25H26N8O.C24H23FN8O.7H2/c1-26(2,15-27)23-11-18(7-8-30-23)20-13-31-25(28)24(32-20)22-12-19(33-35-22)16-3-5-17(6-4-16)21-14-34-10-9-29-21;1-16-22(30-20(14-29-16)18-9-11-28-21(13-18)25(2,3)15-27)24-32-31-23(34-24)17-5-7-19(8-6-17)33(4)12-10-26;1-14-21(31-19(12-30-14)15-6-8-29-20(10-15)24(2,3)13-27)23-33-32-22(34-23)17-5-4-16(25)11-18(17)28-9-7-26;;;;;;;/h3-8,11-13,21,29H,9-10,14H2,1-2H3,(H2,28,31);5-9,11,13-14H,10,12,26H2,1-4H3;4-6,8,10-12,28H,7,9,26H2,1-3H3;7*1H/t21-;;;;;;;;;/m1........./s1. The summed E-state index contributed by atoms with van der Waals surface area (Å²) in [7, 11) is 1.99. The van der Waals surface area contributed by atoms with Crippen molar-refractivity contribution in [1.82, 2.24) is 75.7 Å². The van der Waals surface area contributed by atoms with Gasteiger partial charge in [-0.3, -0.25) is 24.9 Å². The van der Waals surface area contributed by atoms with Gasteiger partial charge in [-0.1, -0.05) is 29.4 Å². The number of rotatable bonds is 19. The quantitative estimate of drug-likeness (QED) is 0.0502. The van der Waals surface area contributed by atoms with Gasteiger partial charge in [0.05, 0.1) is 123 Å². The third kappa shape index (κ3) is 16.7. The minimum Gasteiger partial charge on any atom is -0.415 e. The molecule has 1 fully saturated rings. The van der Waals surface area contributed by atoms with Crippen LogP contribution in [-0.2, 0) is 21.0 Å². The Balaban J connectivity index is 0.000000338. The van der Waals surface area contributed by atoms with E-state index in [1.54, 1.807) is 76.2 Å². The third-order valence-corrected chi connectivity index (χ3v) is 16.9. The molecule has 0 saturated carbocycles. The van der Waals surface area contributed by atoms with Gasteiger partial charge in [0, 0.05) is 114 Å². The molecule has 3 aromatic carbocycles. The highest BCUT2D eigenvalue weighted by atomic mass is 19.1. The van der Waals surface area contributed by atoms with Gasteiger partial charge in [-0.25, -0.2) is 24.3 Å². The van der Waals surface area contributed by atoms with Gasteiger partial charge in [0.2, 0.25) is 11.8 Å². The van der Waals surface area contributed by atoms with E-state index in [0.717, 1.165) is 58.8 Å². The van der Waals surface area contributed by atoms with E-state index in [4.69, 9.17) is 45.3 Å². The van der Waals surface area contributed by atoms with Crippen molar-refractivity contribution in [3.63, 3.8) is 0 Å². The van der Waals surface area contributed by atoms with Crippen LogP contribution in [0.4, 0.5) is 21.6 Å². The first-order chi connectivity index (χ1) is 49.6. The zero-order chi connectivity index (χ0) is 73.0. The molecule has 0 spiro atoms. The number of morpholine rings is 1. The summed E-state index contributed by atoms with van der Waals surface area (Å²) >= 11 is 0. The molecule has 534 valence electrons. The van der Waals surface area contributed by atoms with Crippen LogP contribution in [0.1, 0.15) is 91.6 Å². The number of likely N-dealkylation sites (N-methyl/N-ethyl adjacent to an activating group) is 1. The van der Waals surface area contributed by atoms with Gasteiger partial charge in [0.1, 0.15) is 22.9 Å². The Morgan fingerprint density at radius 2 is 1.09 bits per heavy atom. The molecule has 12 aromatic rings. The Labute approximate surface area is 604 Å². The van der Waals surface area contributed by atoms with E-state index in [-0.39, 0.29) is 39.5 Å². The van der Waals surface area contributed by atoms with Crippen molar-refractivity contribution in [3.8, 4) is 121 Å². The Morgan fingerprint density at radius 3 is 1.60 bits per heavy atom. The number of hydrogen-bond donors (Lipinski definition) is 5. The van der Waals surface area contributed by atoms with Gasteiger partial charge in [0.15, 0.2) is 17.3 Å². The van der Waals surface area contributed by atoms with E-state index >= 15 is 0 Å².